The molecular formula is C17H35N5O5. The summed E-state index contributed by atoms with van der Waals surface area (Å²) in [5, 5.41) is 8.80. The summed E-state index contributed by atoms with van der Waals surface area (Å²) in [6, 6.07) is 0. The van der Waals surface area contributed by atoms with Crippen LogP contribution in [0.15, 0.2) is 4.99 Å². The van der Waals surface area contributed by atoms with Gasteiger partial charge in [-0.3, -0.25) is 19.5 Å². The number of aliphatic imine (C=N–C) groups is 1. The molecule has 2 aliphatic heterocycles. The maximum absolute atomic E-state index is 12.1. The first-order valence-electron chi connectivity index (χ1n) is 7.84. The Bertz CT molecular complexity index is 540. The largest absolute Gasteiger partial charge is 0.480 e. The lowest BCUT2D eigenvalue weighted by Crippen LogP contribution is -2.49. The van der Waals surface area contributed by atoms with Gasteiger partial charge in [0, 0.05) is 38.9 Å². The Balaban J connectivity index is 0. The van der Waals surface area contributed by atoms with Gasteiger partial charge in [0.1, 0.15) is 12.1 Å². The summed E-state index contributed by atoms with van der Waals surface area (Å²) in [7, 11) is 0. The number of carboxylic acid groups (broad SMARTS) is 1. The summed E-state index contributed by atoms with van der Waals surface area (Å²) in [6.07, 6.45) is 1.34. The van der Waals surface area contributed by atoms with Crippen molar-refractivity contribution in [2.24, 2.45) is 16.5 Å². The topological polar surface area (TPSA) is 152 Å². The third-order valence-corrected chi connectivity index (χ3v) is 4.24. The summed E-state index contributed by atoms with van der Waals surface area (Å²) >= 11 is 0. The summed E-state index contributed by atoms with van der Waals surface area (Å²) in [5.41, 5.74) is 9.76. The van der Waals surface area contributed by atoms with Gasteiger partial charge >= 0.3 is 12.1 Å². The zero-order chi connectivity index (χ0) is 17.7. The van der Waals surface area contributed by atoms with Gasteiger partial charge in [0.05, 0.1) is 6.54 Å². The minimum absolute atomic E-state index is 0. The molecular weight excluding hydrogens is 354 g/mol. The average molecular weight is 389 g/mol. The summed E-state index contributed by atoms with van der Waals surface area (Å²) in [6.45, 7) is 1.26. The molecule has 0 saturated carbocycles. The fourth-order valence-electron chi connectivity index (χ4n) is 3.00. The maximum atomic E-state index is 12.1. The fraction of sp³-hybridized carbons (Fsp3) is 0.765. The summed E-state index contributed by atoms with van der Waals surface area (Å²) in [4.78, 5) is 41.4. The van der Waals surface area contributed by atoms with E-state index >= 15 is 0 Å². The number of carboxylic acids is 1. The zero-order valence-electron chi connectivity index (χ0n) is 13.4. The number of aliphatic carboxylic acids is 1. The molecule has 0 aromatic carbocycles. The number of hydrogen-bond donors (Lipinski definition) is 3. The first-order valence-corrected chi connectivity index (χ1v) is 7.84. The number of piperidine rings is 1. The van der Waals surface area contributed by atoms with Crippen molar-refractivity contribution in [1.82, 2.24) is 9.80 Å². The van der Waals surface area contributed by atoms with Crippen molar-refractivity contribution in [2.75, 3.05) is 32.7 Å². The Kier molecular flexibility index (Phi) is 11.1. The lowest BCUT2D eigenvalue weighted by atomic mass is 9.91. The van der Waals surface area contributed by atoms with Crippen molar-refractivity contribution >= 4 is 23.9 Å². The van der Waals surface area contributed by atoms with Gasteiger partial charge in [-0.05, 0) is 6.42 Å². The van der Waals surface area contributed by atoms with Crippen LogP contribution in [0.25, 0.3) is 0 Å². The summed E-state index contributed by atoms with van der Waals surface area (Å²) in [5.74, 6) is -1.05. The molecule has 2 aliphatic rings. The Labute approximate surface area is 161 Å². The number of rotatable bonds is 6. The Morgan fingerprint density at radius 2 is 1.78 bits per heavy atom. The van der Waals surface area contributed by atoms with E-state index in [0.29, 0.717) is 45.3 Å². The number of ether oxygens (including phenoxy) is 1. The first-order chi connectivity index (χ1) is 11.3. The smallest absolute Gasteiger partial charge is 0.411 e. The third-order valence-electron chi connectivity index (χ3n) is 4.24. The molecule has 2 amide bonds. The fourth-order valence-corrected chi connectivity index (χ4v) is 3.00. The van der Waals surface area contributed by atoms with Crippen LogP contribution in [0.2, 0.25) is 0 Å². The van der Waals surface area contributed by atoms with Crippen LogP contribution < -0.4 is 11.5 Å². The Hall–Kier alpha value is -2.52. The normalized spacial score (nSPS) is 17.1. The number of carbonyl (C=O) groups is 3. The number of hydrogen-bond acceptors (Lipinski definition) is 5. The van der Waals surface area contributed by atoms with Gasteiger partial charge in [-0.15, -0.1) is 0 Å². The molecule has 1 spiro atoms. The van der Waals surface area contributed by atoms with E-state index in [2.05, 4.69) is 4.99 Å². The van der Waals surface area contributed by atoms with Crippen LogP contribution in [0.3, 0.4) is 0 Å². The second-order valence-corrected chi connectivity index (χ2v) is 6.09. The van der Waals surface area contributed by atoms with Crippen LogP contribution >= 0.6 is 0 Å². The second kappa shape index (κ2) is 11.2. The van der Waals surface area contributed by atoms with Crippen molar-refractivity contribution in [3.05, 3.63) is 0 Å². The van der Waals surface area contributed by atoms with Crippen molar-refractivity contribution < 1.29 is 24.2 Å². The van der Waals surface area contributed by atoms with E-state index in [1.165, 1.54) is 4.90 Å². The lowest BCUT2D eigenvalue weighted by molar-refractivity contribution is -0.137. The lowest BCUT2D eigenvalue weighted by Gasteiger charge is -2.37. The summed E-state index contributed by atoms with van der Waals surface area (Å²) < 4.78 is 5.40. The monoisotopic (exact) mass is 389 g/mol. The molecule has 2 saturated heterocycles. The van der Waals surface area contributed by atoms with Gasteiger partial charge in [0.15, 0.2) is 5.96 Å². The molecule has 0 aliphatic carbocycles. The van der Waals surface area contributed by atoms with E-state index in [1.54, 1.807) is 4.90 Å². The van der Waals surface area contributed by atoms with E-state index in [4.69, 9.17) is 21.3 Å². The van der Waals surface area contributed by atoms with Gasteiger partial charge in [0.25, 0.3) is 0 Å². The number of nitrogens with zero attached hydrogens (tertiary/aromatic N) is 3. The average Bonchev–Trinajstić information content (AvgIpc) is 2.79. The minimum Gasteiger partial charge on any atom is -0.480 e. The van der Waals surface area contributed by atoms with Crippen molar-refractivity contribution in [3.63, 3.8) is 0 Å². The van der Waals surface area contributed by atoms with Crippen LogP contribution in [0.4, 0.5) is 4.79 Å². The molecule has 0 aromatic heterocycles. The highest BCUT2D eigenvalue weighted by molar-refractivity contribution is 5.79. The molecule has 2 heterocycles. The zero-order valence-corrected chi connectivity index (χ0v) is 13.4. The highest BCUT2D eigenvalue weighted by atomic mass is 16.6. The molecule has 5 N–H and O–H groups in total. The molecule has 0 atom stereocenters. The molecule has 158 valence electrons. The molecule has 0 bridgehead atoms. The predicted octanol–water partition coefficient (Wildman–Crippen LogP) is 0.846. The minimum atomic E-state index is -1.07. The van der Waals surface area contributed by atoms with E-state index < -0.39 is 17.7 Å². The molecule has 0 unspecified atom stereocenters. The quantitative estimate of drug-likeness (QED) is 0.346. The van der Waals surface area contributed by atoms with Crippen molar-refractivity contribution in [2.45, 2.75) is 53.6 Å². The molecule has 10 nitrogen and oxygen atoms in total. The van der Waals surface area contributed by atoms with E-state index in [-0.39, 0.29) is 47.2 Å². The predicted molar refractivity (Wildman–Crippen MR) is 104 cm³/mol. The molecule has 2 fully saturated rings. The number of amides is 2. The van der Waals surface area contributed by atoms with Crippen LogP contribution in [-0.4, -0.2) is 77.2 Å². The Morgan fingerprint density at radius 3 is 2.30 bits per heavy atom. The van der Waals surface area contributed by atoms with Crippen molar-refractivity contribution in [3.8, 4) is 0 Å². The number of carbonyl (C=O) groups excluding carboxylic acids is 2. The Morgan fingerprint density at radius 1 is 1.19 bits per heavy atom. The highest BCUT2D eigenvalue weighted by Gasteiger charge is 2.47. The van der Waals surface area contributed by atoms with Gasteiger partial charge in [-0.1, -0.05) is 22.3 Å². The third kappa shape index (κ3) is 7.32. The SMILES string of the molecule is C.C.C.NC(N)=NCCCC(=O)N1CCC2(CC1)CN(CC(=O)O)C(=O)O2. The molecule has 2 rings (SSSR count). The second-order valence-electron chi connectivity index (χ2n) is 6.09. The van der Waals surface area contributed by atoms with Crippen LogP contribution in [-0.2, 0) is 14.3 Å². The number of nitrogens with two attached hydrogens (primary N) is 2. The van der Waals surface area contributed by atoms with Crippen LogP contribution in [0.1, 0.15) is 48.0 Å². The maximum Gasteiger partial charge on any atom is 0.411 e. The number of guanidine groups is 1. The molecule has 0 aromatic rings. The van der Waals surface area contributed by atoms with Gasteiger partial charge in [0.2, 0.25) is 5.91 Å². The van der Waals surface area contributed by atoms with Gasteiger partial charge in [-0.25, -0.2) is 4.79 Å². The van der Waals surface area contributed by atoms with Crippen LogP contribution in [0, 0.1) is 0 Å². The van der Waals surface area contributed by atoms with Gasteiger partial charge in [-0.2, -0.15) is 0 Å². The van der Waals surface area contributed by atoms with Crippen LogP contribution in [0.5, 0.6) is 0 Å². The first kappa shape index (κ1) is 26.7. The molecule has 27 heavy (non-hydrogen) atoms. The highest BCUT2D eigenvalue weighted by Crippen LogP contribution is 2.33. The molecule has 10 heteroatoms. The molecule has 0 radical (unpaired) electrons. The standard InChI is InChI=1S/C14H23N5O5.3CH4/c15-12(16)17-5-1-2-10(20)18-6-3-14(4-7-18)9-19(8-11(21)22)13(23)24-14;;;/h1-9H2,(H,21,22)(H4,15,16,17);3*1H4. The van der Waals surface area contributed by atoms with Crippen molar-refractivity contribution in [1.29, 1.82) is 0 Å². The van der Waals surface area contributed by atoms with E-state index in [1.807, 2.05) is 0 Å². The van der Waals surface area contributed by atoms with Gasteiger partial charge < -0.3 is 26.2 Å². The van der Waals surface area contributed by atoms with E-state index in [9.17, 15) is 14.4 Å². The van der Waals surface area contributed by atoms with E-state index in [0.717, 1.165) is 0 Å². The number of likely N-dealkylation sites (tertiary alicyclic amines) is 1.